The minimum absolute atomic E-state index is 0.106. The molecule has 0 saturated carbocycles. The Morgan fingerprint density at radius 2 is 1.80 bits per heavy atom. The number of carbonyl (C=O) groups is 2. The molecule has 0 radical (unpaired) electrons. The predicted octanol–water partition coefficient (Wildman–Crippen LogP) is 3.44. The Hall–Kier alpha value is -2.64. The number of nitrogens with zero attached hydrogens (tertiary/aromatic N) is 1. The summed E-state index contributed by atoms with van der Waals surface area (Å²) in [4.78, 5) is 34.5. The molecule has 0 aliphatic rings. The summed E-state index contributed by atoms with van der Waals surface area (Å²) in [6.07, 6.45) is -0.0750. The molecule has 0 heterocycles. The van der Waals surface area contributed by atoms with E-state index >= 15 is 0 Å². The average molecular weight is 352 g/mol. The van der Waals surface area contributed by atoms with E-state index in [0.29, 0.717) is 6.42 Å². The number of hydrogen-bond donors (Lipinski definition) is 1. The summed E-state index contributed by atoms with van der Waals surface area (Å²) >= 11 is 0. The summed E-state index contributed by atoms with van der Waals surface area (Å²) in [5.41, 5.74) is -0.794. The zero-order chi connectivity index (χ0) is 19.2. The van der Waals surface area contributed by atoms with Crippen molar-refractivity contribution in [2.45, 2.75) is 52.7 Å². The number of carbonyl (C=O) groups excluding carboxylic acids is 2. The number of benzene rings is 1. The van der Waals surface area contributed by atoms with Crippen LogP contribution in [-0.2, 0) is 9.53 Å². The molecule has 8 nitrogen and oxygen atoms in total. The van der Waals surface area contributed by atoms with Crippen molar-refractivity contribution >= 4 is 17.7 Å². The molecule has 1 aromatic carbocycles. The molecule has 8 heteroatoms. The molecule has 0 aromatic heterocycles. The van der Waals surface area contributed by atoms with Gasteiger partial charge in [-0.2, -0.15) is 0 Å². The second-order valence-corrected chi connectivity index (χ2v) is 6.68. The third kappa shape index (κ3) is 6.78. The van der Waals surface area contributed by atoms with Crippen LogP contribution in [0.2, 0.25) is 0 Å². The van der Waals surface area contributed by atoms with Gasteiger partial charge in [0.1, 0.15) is 17.4 Å². The number of hydrogen-bond acceptors (Lipinski definition) is 6. The van der Waals surface area contributed by atoms with Gasteiger partial charge in [0.05, 0.1) is 4.92 Å². The van der Waals surface area contributed by atoms with Gasteiger partial charge in [-0.15, -0.1) is 0 Å². The van der Waals surface area contributed by atoms with E-state index in [1.165, 1.54) is 24.3 Å². The first-order valence-corrected chi connectivity index (χ1v) is 7.99. The topological polar surface area (TPSA) is 108 Å². The fourth-order valence-electron chi connectivity index (χ4n) is 1.92. The standard InChI is InChI=1S/C17H24N2O6/c1-6-11(2)14(18-16(21)25-17(3,4)5)15(20)24-13-9-7-12(8-10-13)19(22)23/h7-11,14H,6H2,1-5H3,(H,18,21)/t11-,14+/m1/s1. The third-order valence-corrected chi connectivity index (χ3v) is 3.41. The monoisotopic (exact) mass is 352 g/mol. The largest absolute Gasteiger partial charge is 0.444 e. The average Bonchev–Trinajstić information content (AvgIpc) is 2.50. The first-order valence-electron chi connectivity index (χ1n) is 7.99. The molecule has 1 N–H and O–H groups in total. The Kier molecular flexibility index (Phi) is 6.90. The number of ether oxygens (including phenoxy) is 2. The van der Waals surface area contributed by atoms with Gasteiger partial charge in [0, 0.05) is 12.1 Å². The summed E-state index contributed by atoms with van der Waals surface area (Å²) in [6, 6.07) is 4.24. The fraction of sp³-hybridized carbons (Fsp3) is 0.529. The van der Waals surface area contributed by atoms with Crippen molar-refractivity contribution in [3.8, 4) is 5.75 Å². The van der Waals surface area contributed by atoms with Crippen LogP contribution in [0.5, 0.6) is 5.75 Å². The second-order valence-electron chi connectivity index (χ2n) is 6.68. The van der Waals surface area contributed by atoms with E-state index in [1.807, 2.05) is 6.92 Å². The quantitative estimate of drug-likeness (QED) is 0.364. The summed E-state index contributed by atoms with van der Waals surface area (Å²) in [5.74, 6) is -0.679. The molecule has 0 fully saturated rings. The van der Waals surface area contributed by atoms with Crippen LogP contribution in [0, 0.1) is 16.0 Å². The van der Waals surface area contributed by atoms with Gasteiger partial charge in [-0.1, -0.05) is 20.3 Å². The lowest BCUT2D eigenvalue weighted by Gasteiger charge is -2.25. The van der Waals surface area contributed by atoms with Crippen molar-refractivity contribution in [2.24, 2.45) is 5.92 Å². The van der Waals surface area contributed by atoms with Crippen LogP contribution in [0.1, 0.15) is 41.0 Å². The number of alkyl carbamates (subject to hydrolysis) is 1. The third-order valence-electron chi connectivity index (χ3n) is 3.41. The van der Waals surface area contributed by atoms with Crippen LogP contribution in [-0.4, -0.2) is 28.6 Å². The number of esters is 1. The molecular formula is C17H24N2O6. The van der Waals surface area contributed by atoms with Gasteiger partial charge in [0.2, 0.25) is 0 Å². The second kappa shape index (κ2) is 8.46. The van der Waals surface area contributed by atoms with Crippen molar-refractivity contribution in [3.63, 3.8) is 0 Å². The number of rotatable bonds is 6. The van der Waals surface area contributed by atoms with E-state index in [1.54, 1.807) is 27.7 Å². The van der Waals surface area contributed by atoms with Gasteiger partial charge >= 0.3 is 12.1 Å². The van der Waals surface area contributed by atoms with Crippen molar-refractivity contribution in [1.82, 2.24) is 5.32 Å². The van der Waals surface area contributed by atoms with E-state index < -0.39 is 28.6 Å². The predicted molar refractivity (Wildman–Crippen MR) is 91.3 cm³/mol. The van der Waals surface area contributed by atoms with Crippen molar-refractivity contribution in [3.05, 3.63) is 34.4 Å². The Morgan fingerprint density at radius 1 is 1.24 bits per heavy atom. The van der Waals surface area contributed by atoms with Gasteiger partial charge in [-0.05, 0) is 38.8 Å². The molecule has 0 aliphatic heterocycles. The zero-order valence-corrected chi connectivity index (χ0v) is 15.1. The Balaban J connectivity index is 2.82. The normalized spacial score (nSPS) is 13.5. The van der Waals surface area contributed by atoms with Crippen molar-refractivity contribution < 1.29 is 24.0 Å². The van der Waals surface area contributed by atoms with Gasteiger partial charge in [0.15, 0.2) is 0 Å². The maximum absolute atomic E-state index is 12.4. The number of nitrogens with one attached hydrogen (secondary N) is 1. The SMILES string of the molecule is CC[C@@H](C)[C@H](NC(=O)OC(C)(C)C)C(=O)Oc1ccc([N+](=O)[O-])cc1. The first kappa shape index (κ1) is 20.4. The van der Waals surface area contributed by atoms with E-state index in [0.717, 1.165) is 0 Å². The van der Waals surface area contributed by atoms with Crippen LogP contribution in [0.25, 0.3) is 0 Å². The molecule has 1 amide bonds. The molecule has 0 unspecified atom stereocenters. The van der Waals surface area contributed by atoms with Crippen molar-refractivity contribution in [2.75, 3.05) is 0 Å². The molecule has 0 aliphatic carbocycles. The van der Waals surface area contributed by atoms with Gasteiger partial charge < -0.3 is 14.8 Å². The van der Waals surface area contributed by atoms with Crippen LogP contribution < -0.4 is 10.1 Å². The highest BCUT2D eigenvalue weighted by molar-refractivity contribution is 5.83. The van der Waals surface area contributed by atoms with Crippen molar-refractivity contribution in [1.29, 1.82) is 0 Å². The van der Waals surface area contributed by atoms with E-state index in [4.69, 9.17) is 9.47 Å². The van der Waals surface area contributed by atoms with Crippen LogP contribution >= 0.6 is 0 Å². The number of nitro benzene ring substituents is 1. The zero-order valence-electron chi connectivity index (χ0n) is 15.1. The lowest BCUT2D eigenvalue weighted by Crippen LogP contribution is -2.48. The number of nitro groups is 1. The molecule has 0 saturated heterocycles. The maximum atomic E-state index is 12.4. The van der Waals surface area contributed by atoms with Gasteiger partial charge in [-0.25, -0.2) is 9.59 Å². The van der Waals surface area contributed by atoms with E-state index in [9.17, 15) is 19.7 Å². The summed E-state index contributed by atoms with van der Waals surface area (Å²) in [5, 5.41) is 13.2. The first-order chi connectivity index (χ1) is 11.5. The summed E-state index contributed by atoms with van der Waals surface area (Å²) in [7, 11) is 0. The smallest absolute Gasteiger partial charge is 0.408 e. The molecular weight excluding hydrogens is 328 g/mol. The highest BCUT2D eigenvalue weighted by Crippen LogP contribution is 2.19. The van der Waals surface area contributed by atoms with E-state index in [-0.39, 0.29) is 17.4 Å². The number of amides is 1. The molecule has 0 spiro atoms. The Morgan fingerprint density at radius 3 is 2.24 bits per heavy atom. The Labute approximate surface area is 146 Å². The molecule has 1 aromatic rings. The minimum Gasteiger partial charge on any atom is -0.444 e. The highest BCUT2D eigenvalue weighted by atomic mass is 16.6. The highest BCUT2D eigenvalue weighted by Gasteiger charge is 2.30. The Bertz CT molecular complexity index is 621. The maximum Gasteiger partial charge on any atom is 0.408 e. The lowest BCUT2D eigenvalue weighted by molar-refractivity contribution is -0.384. The lowest BCUT2D eigenvalue weighted by atomic mass is 9.99. The molecule has 138 valence electrons. The summed E-state index contributed by atoms with van der Waals surface area (Å²) < 4.78 is 10.4. The summed E-state index contributed by atoms with van der Waals surface area (Å²) in [6.45, 7) is 8.85. The molecule has 25 heavy (non-hydrogen) atoms. The molecule has 1 rings (SSSR count). The minimum atomic E-state index is -0.893. The molecule has 0 bridgehead atoms. The van der Waals surface area contributed by atoms with Gasteiger partial charge in [-0.3, -0.25) is 10.1 Å². The van der Waals surface area contributed by atoms with Gasteiger partial charge in [0.25, 0.3) is 5.69 Å². The van der Waals surface area contributed by atoms with Crippen LogP contribution in [0.15, 0.2) is 24.3 Å². The number of non-ortho nitro benzene ring substituents is 1. The van der Waals surface area contributed by atoms with E-state index in [2.05, 4.69) is 5.32 Å². The molecule has 2 atom stereocenters. The fourth-order valence-corrected chi connectivity index (χ4v) is 1.92. The van der Waals surface area contributed by atoms with Crippen LogP contribution in [0.3, 0.4) is 0 Å². The van der Waals surface area contributed by atoms with Crippen LogP contribution in [0.4, 0.5) is 10.5 Å².